The van der Waals surface area contributed by atoms with Gasteiger partial charge in [0, 0.05) is 10.9 Å². The lowest BCUT2D eigenvalue weighted by Gasteiger charge is -2.09. The minimum atomic E-state index is -0.727. The van der Waals surface area contributed by atoms with Crippen LogP contribution in [0.4, 0.5) is 0 Å². The third-order valence-corrected chi connectivity index (χ3v) is 4.00. The van der Waals surface area contributed by atoms with Crippen molar-refractivity contribution in [3.8, 4) is 0 Å². The molecular formula is C13H15ClO2. The van der Waals surface area contributed by atoms with E-state index in [4.69, 9.17) is 16.7 Å². The van der Waals surface area contributed by atoms with E-state index in [1.165, 1.54) is 0 Å². The van der Waals surface area contributed by atoms with E-state index < -0.39 is 5.97 Å². The minimum Gasteiger partial charge on any atom is -0.481 e. The molecule has 0 amide bonds. The summed E-state index contributed by atoms with van der Waals surface area (Å²) in [5, 5.41) is 9.84. The van der Waals surface area contributed by atoms with Crippen molar-refractivity contribution in [1.82, 2.24) is 0 Å². The Morgan fingerprint density at radius 3 is 2.50 bits per heavy atom. The smallest absolute Gasteiger partial charge is 0.307 e. The largest absolute Gasteiger partial charge is 0.481 e. The van der Waals surface area contributed by atoms with Gasteiger partial charge in [0.15, 0.2) is 0 Å². The van der Waals surface area contributed by atoms with Crippen LogP contribution in [0.25, 0.3) is 0 Å². The highest BCUT2D eigenvalue weighted by Gasteiger charge is 2.63. The van der Waals surface area contributed by atoms with E-state index >= 15 is 0 Å². The zero-order valence-corrected chi connectivity index (χ0v) is 10.4. The molecule has 1 aromatic rings. The standard InChI is InChI=1S/C13H15ClO2/c1-7-5-4-6-8(14)9(7)10-11(12(15)16)13(10,2)3/h4-6,10-11H,1-3H3,(H,15,16)/t10-,11+/m1/s1. The van der Waals surface area contributed by atoms with Crippen LogP contribution in [0.5, 0.6) is 0 Å². The predicted molar refractivity (Wildman–Crippen MR) is 63.8 cm³/mol. The Morgan fingerprint density at radius 2 is 2.06 bits per heavy atom. The third-order valence-electron chi connectivity index (χ3n) is 3.68. The summed E-state index contributed by atoms with van der Waals surface area (Å²) in [5.74, 6) is -1.00. The molecule has 0 spiro atoms. The van der Waals surface area contributed by atoms with Crippen LogP contribution in [-0.2, 0) is 4.79 Å². The Morgan fingerprint density at radius 1 is 1.44 bits per heavy atom. The van der Waals surface area contributed by atoms with Crippen LogP contribution in [0.1, 0.15) is 30.9 Å². The molecule has 0 saturated heterocycles. The average molecular weight is 239 g/mol. The molecule has 1 aromatic carbocycles. The monoisotopic (exact) mass is 238 g/mol. The van der Waals surface area contributed by atoms with Crippen LogP contribution in [-0.4, -0.2) is 11.1 Å². The number of hydrogen-bond donors (Lipinski definition) is 1. The molecule has 0 bridgehead atoms. The lowest BCUT2D eigenvalue weighted by Crippen LogP contribution is -2.03. The molecule has 1 N–H and O–H groups in total. The molecule has 0 radical (unpaired) electrons. The van der Waals surface area contributed by atoms with Gasteiger partial charge in [-0.25, -0.2) is 0 Å². The van der Waals surface area contributed by atoms with Gasteiger partial charge >= 0.3 is 5.97 Å². The lowest BCUT2D eigenvalue weighted by molar-refractivity contribution is -0.139. The molecule has 0 aliphatic heterocycles. The summed E-state index contributed by atoms with van der Waals surface area (Å²) >= 11 is 6.17. The number of benzene rings is 1. The molecule has 2 rings (SSSR count). The molecule has 1 fully saturated rings. The Balaban J connectivity index is 2.45. The molecular weight excluding hydrogens is 224 g/mol. The highest BCUT2D eigenvalue weighted by Crippen LogP contribution is 2.65. The molecule has 0 aromatic heterocycles. The van der Waals surface area contributed by atoms with E-state index in [0.29, 0.717) is 5.02 Å². The van der Waals surface area contributed by atoms with Crippen molar-refractivity contribution in [1.29, 1.82) is 0 Å². The molecule has 1 aliphatic carbocycles. The summed E-state index contributed by atoms with van der Waals surface area (Å²) in [4.78, 5) is 11.1. The second kappa shape index (κ2) is 3.49. The molecule has 86 valence electrons. The summed E-state index contributed by atoms with van der Waals surface area (Å²) in [5.41, 5.74) is 1.89. The number of hydrogen-bond acceptors (Lipinski definition) is 1. The molecule has 0 heterocycles. The zero-order chi connectivity index (χ0) is 12.1. The van der Waals surface area contributed by atoms with Crippen LogP contribution >= 0.6 is 11.6 Å². The van der Waals surface area contributed by atoms with Crippen molar-refractivity contribution in [3.05, 3.63) is 34.3 Å². The predicted octanol–water partition coefficient (Wildman–Crippen LogP) is 3.47. The van der Waals surface area contributed by atoms with E-state index in [0.717, 1.165) is 11.1 Å². The molecule has 1 aliphatic rings. The van der Waals surface area contributed by atoms with Crippen molar-refractivity contribution in [2.45, 2.75) is 26.7 Å². The first-order chi connectivity index (χ1) is 7.37. The summed E-state index contributed by atoms with van der Waals surface area (Å²) in [6.45, 7) is 5.95. The Hall–Kier alpha value is -1.02. The van der Waals surface area contributed by atoms with Crippen LogP contribution in [0.3, 0.4) is 0 Å². The number of carbonyl (C=O) groups is 1. The van der Waals surface area contributed by atoms with Gasteiger partial charge in [-0.3, -0.25) is 4.79 Å². The number of halogens is 1. The lowest BCUT2D eigenvalue weighted by atomic mass is 9.99. The first-order valence-corrected chi connectivity index (χ1v) is 5.73. The summed E-state index contributed by atoms with van der Waals surface area (Å²) in [6, 6.07) is 5.71. The Kier molecular flexibility index (Phi) is 2.50. The number of carboxylic acid groups (broad SMARTS) is 1. The molecule has 2 atom stereocenters. The van der Waals surface area contributed by atoms with Crippen LogP contribution in [0, 0.1) is 18.3 Å². The maximum atomic E-state index is 11.1. The van der Waals surface area contributed by atoms with Crippen molar-refractivity contribution < 1.29 is 9.90 Å². The van der Waals surface area contributed by atoms with Gasteiger partial charge in [-0.15, -0.1) is 0 Å². The van der Waals surface area contributed by atoms with Gasteiger partial charge in [-0.05, 0) is 29.5 Å². The van der Waals surface area contributed by atoms with Crippen molar-refractivity contribution >= 4 is 17.6 Å². The van der Waals surface area contributed by atoms with Crippen LogP contribution in [0.2, 0.25) is 5.02 Å². The summed E-state index contributed by atoms with van der Waals surface area (Å²) < 4.78 is 0. The van der Waals surface area contributed by atoms with Crippen LogP contribution < -0.4 is 0 Å². The minimum absolute atomic E-state index is 0.0405. The van der Waals surface area contributed by atoms with E-state index in [-0.39, 0.29) is 17.3 Å². The second-order valence-electron chi connectivity index (χ2n) is 5.09. The fourth-order valence-electron chi connectivity index (χ4n) is 2.68. The average Bonchev–Trinajstić information content (AvgIpc) is 2.69. The van der Waals surface area contributed by atoms with Gasteiger partial charge in [-0.1, -0.05) is 37.6 Å². The fraction of sp³-hybridized carbons (Fsp3) is 0.462. The van der Waals surface area contributed by atoms with Gasteiger partial charge < -0.3 is 5.11 Å². The van der Waals surface area contributed by atoms with Crippen molar-refractivity contribution in [2.75, 3.05) is 0 Å². The van der Waals surface area contributed by atoms with Crippen molar-refractivity contribution in [3.63, 3.8) is 0 Å². The Labute approximate surface area is 100 Å². The fourth-order valence-corrected chi connectivity index (χ4v) is 3.02. The maximum Gasteiger partial charge on any atom is 0.307 e. The summed E-state index contributed by atoms with van der Waals surface area (Å²) in [6.07, 6.45) is 0. The zero-order valence-electron chi connectivity index (χ0n) is 9.62. The van der Waals surface area contributed by atoms with Crippen molar-refractivity contribution in [2.24, 2.45) is 11.3 Å². The number of aliphatic carboxylic acids is 1. The normalized spacial score (nSPS) is 26.5. The molecule has 2 nitrogen and oxygen atoms in total. The van der Waals surface area contributed by atoms with E-state index in [1.54, 1.807) is 0 Å². The van der Waals surface area contributed by atoms with Crippen LogP contribution in [0.15, 0.2) is 18.2 Å². The second-order valence-corrected chi connectivity index (χ2v) is 5.49. The first kappa shape index (κ1) is 11.5. The third kappa shape index (κ3) is 1.52. The molecule has 3 heteroatoms. The van der Waals surface area contributed by atoms with Gasteiger partial charge in [0.1, 0.15) is 0 Å². The molecule has 16 heavy (non-hydrogen) atoms. The number of aryl methyl sites for hydroxylation is 1. The maximum absolute atomic E-state index is 11.1. The SMILES string of the molecule is Cc1cccc(Cl)c1[C@@H]1[C@@H](C(=O)O)C1(C)C. The summed E-state index contributed by atoms with van der Waals surface area (Å²) in [7, 11) is 0. The molecule has 1 saturated carbocycles. The quantitative estimate of drug-likeness (QED) is 0.857. The van der Waals surface area contributed by atoms with E-state index in [1.807, 2.05) is 39.0 Å². The highest BCUT2D eigenvalue weighted by atomic mass is 35.5. The Bertz CT molecular complexity index is 431. The van der Waals surface area contributed by atoms with Gasteiger partial charge in [-0.2, -0.15) is 0 Å². The molecule has 0 unspecified atom stereocenters. The van der Waals surface area contributed by atoms with Gasteiger partial charge in [0.05, 0.1) is 5.92 Å². The number of rotatable bonds is 2. The highest BCUT2D eigenvalue weighted by molar-refractivity contribution is 6.31. The topological polar surface area (TPSA) is 37.3 Å². The van der Waals surface area contributed by atoms with Gasteiger partial charge in [0.25, 0.3) is 0 Å². The van der Waals surface area contributed by atoms with E-state index in [9.17, 15) is 4.79 Å². The van der Waals surface area contributed by atoms with E-state index in [2.05, 4.69) is 0 Å². The number of carboxylic acids is 1. The first-order valence-electron chi connectivity index (χ1n) is 5.35. The van der Waals surface area contributed by atoms with Gasteiger partial charge in [0.2, 0.25) is 0 Å².